The zero-order valence-electron chi connectivity index (χ0n) is 7.66. The van der Waals surface area contributed by atoms with E-state index in [1.807, 2.05) is 18.7 Å². The molecule has 0 saturated carbocycles. The zero-order valence-corrected chi connectivity index (χ0v) is 10.1. The van der Waals surface area contributed by atoms with E-state index in [1.165, 1.54) is 24.3 Å². The molecule has 0 aliphatic carbocycles. The van der Waals surface area contributed by atoms with E-state index in [0.29, 0.717) is 6.04 Å². The first kappa shape index (κ1) is 9.59. The van der Waals surface area contributed by atoms with E-state index in [-0.39, 0.29) is 0 Å². The van der Waals surface area contributed by atoms with Crippen molar-refractivity contribution in [2.75, 3.05) is 11.5 Å². The Morgan fingerprint density at radius 2 is 2.23 bits per heavy atom. The van der Waals surface area contributed by atoms with Crippen molar-refractivity contribution in [1.82, 2.24) is 9.78 Å². The van der Waals surface area contributed by atoms with Crippen molar-refractivity contribution in [1.29, 1.82) is 0 Å². The third-order valence-corrected chi connectivity index (χ3v) is 3.99. The van der Waals surface area contributed by atoms with E-state index in [1.54, 1.807) is 0 Å². The maximum absolute atomic E-state index is 4.49. The van der Waals surface area contributed by atoms with Crippen molar-refractivity contribution in [3.63, 3.8) is 0 Å². The highest BCUT2D eigenvalue weighted by atomic mass is 79.9. The van der Waals surface area contributed by atoms with Gasteiger partial charge in [-0.2, -0.15) is 16.9 Å². The highest BCUT2D eigenvalue weighted by Crippen LogP contribution is 2.29. The van der Waals surface area contributed by atoms with Gasteiger partial charge in [0.25, 0.3) is 0 Å². The normalized spacial score (nSPS) is 19.2. The minimum Gasteiger partial charge on any atom is -0.255 e. The van der Waals surface area contributed by atoms with Crippen LogP contribution in [0.25, 0.3) is 0 Å². The van der Waals surface area contributed by atoms with Gasteiger partial charge in [-0.15, -0.1) is 0 Å². The van der Waals surface area contributed by atoms with E-state index in [0.717, 1.165) is 10.3 Å². The lowest BCUT2D eigenvalue weighted by molar-refractivity contribution is 0.418. The Balaban J connectivity index is 2.18. The van der Waals surface area contributed by atoms with Gasteiger partial charge in [-0.3, -0.25) is 4.68 Å². The van der Waals surface area contributed by atoms with Crippen molar-refractivity contribution < 1.29 is 0 Å². The molecule has 13 heavy (non-hydrogen) atoms. The third kappa shape index (κ3) is 2.10. The quantitative estimate of drug-likeness (QED) is 0.773. The van der Waals surface area contributed by atoms with Crippen LogP contribution in [0.5, 0.6) is 0 Å². The largest absolute Gasteiger partial charge is 0.255 e. The van der Waals surface area contributed by atoms with Crippen molar-refractivity contribution in [3.8, 4) is 0 Å². The van der Waals surface area contributed by atoms with Gasteiger partial charge in [-0.05, 0) is 53.3 Å². The van der Waals surface area contributed by atoms with E-state index in [4.69, 9.17) is 0 Å². The number of aryl methyl sites for hydroxylation is 1. The Morgan fingerprint density at radius 3 is 2.77 bits per heavy atom. The van der Waals surface area contributed by atoms with Gasteiger partial charge in [0.05, 0.1) is 11.7 Å². The first-order valence-electron chi connectivity index (χ1n) is 4.57. The average molecular weight is 261 g/mol. The number of hydrogen-bond donors (Lipinski definition) is 0. The summed E-state index contributed by atoms with van der Waals surface area (Å²) in [6, 6.07) is 2.70. The molecule has 1 fully saturated rings. The molecule has 0 amide bonds. The summed E-state index contributed by atoms with van der Waals surface area (Å²) < 4.78 is 3.26. The van der Waals surface area contributed by atoms with Crippen LogP contribution in [-0.4, -0.2) is 21.3 Å². The van der Waals surface area contributed by atoms with Crippen LogP contribution in [-0.2, 0) is 0 Å². The van der Waals surface area contributed by atoms with Gasteiger partial charge < -0.3 is 0 Å². The summed E-state index contributed by atoms with van der Waals surface area (Å²) >= 11 is 5.60. The van der Waals surface area contributed by atoms with E-state index in [9.17, 15) is 0 Å². The molecular weight excluding hydrogens is 248 g/mol. The minimum absolute atomic E-state index is 0.615. The molecular formula is C9H13BrN2S. The summed E-state index contributed by atoms with van der Waals surface area (Å²) in [4.78, 5) is 0. The van der Waals surface area contributed by atoms with Crippen LogP contribution in [0.1, 0.15) is 24.6 Å². The van der Waals surface area contributed by atoms with Gasteiger partial charge in [0.1, 0.15) is 4.60 Å². The van der Waals surface area contributed by atoms with Gasteiger partial charge in [-0.1, -0.05) is 0 Å². The molecule has 1 saturated heterocycles. The number of aromatic nitrogens is 2. The first-order chi connectivity index (χ1) is 6.27. The van der Waals surface area contributed by atoms with Crippen LogP contribution in [0.2, 0.25) is 0 Å². The van der Waals surface area contributed by atoms with Crippen LogP contribution in [0.15, 0.2) is 10.7 Å². The maximum atomic E-state index is 4.49. The Bertz CT molecular complexity index is 292. The van der Waals surface area contributed by atoms with Gasteiger partial charge in [0.15, 0.2) is 0 Å². The Kier molecular flexibility index (Phi) is 2.99. The average Bonchev–Trinajstić information content (AvgIpc) is 2.47. The molecule has 0 aromatic carbocycles. The first-order valence-corrected chi connectivity index (χ1v) is 6.51. The minimum atomic E-state index is 0.615. The number of nitrogens with zero attached hydrogens (tertiary/aromatic N) is 2. The lowest BCUT2D eigenvalue weighted by Crippen LogP contribution is -2.16. The molecule has 0 atom stereocenters. The monoisotopic (exact) mass is 260 g/mol. The molecule has 0 spiro atoms. The standard InChI is InChI=1S/C9H13BrN2S/c1-7-6-9(10)12(11-7)8-2-4-13-5-3-8/h6,8H,2-5H2,1H3. The molecule has 1 aliphatic rings. The predicted octanol–water partition coefficient (Wildman–Crippen LogP) is 3.02. The summed E-state index contributed by atoms with van der Waals surface area (Å²) in [6.07, 6.45) is 2.51. The fourth-order valence-electron chi connectivity index (χ4n) is 1.67. The third-order valence-electron chi connectivity index (χ3n) is 2.35. The van der Waals surface area contributed by atoms with Gasteiger partial charge in [-0.25, -0.2) is 0 Å². The van der Waals surface area contributed by atoms with E-state index >= 15 is 0 Å². The smallest absolute Gasteiger partial charge is 0.104 e. The second-order valence-electron chi connectivity index (χ2n) is 3.40. The second kappa shape index (κ2) is 4.05. The molecule has 2 nitrogen and oxygen atoms in total. The lowest BCUT2D eigenvalue weighted by atomic mass is 10.2. The predicted molar refractivity (Wildman–Crippen MR) is 60.3 cm³/mol. The molecule has 1 aliphatic heterocycles. The fraction of sp³-hybridized carbons (Fsp3) is 0.667. The number of halogens is 1. The second-order valence-corrected chi connectivity index (χ2v) is 5.43. The maximum Gasteiger partial charge on any atom is 0.104 e. The summed E-state index contributed by atoms with van der Waals surface area (Å²) in [5.41, 5.74) is 1.10. The number of hydrogen-bond acceptors (Lipinski definition) is 2. The zero-order chi connectivity index (χ0) is 9.26. The highest BCUT2D eigenvalue weighted by Gasteiger charge is 2.18. The van der Waals surface area contributed by atoms with Crippen molar-refractivity contribution in [3.05, 3.63) is 16.4 Å². The molecule has 2 rings (SSSR count). The van der Waals surface area contributed by atoms with Crippen LogP contribution in [0.4, 0.5) is 0 Å². The van der Waals surface area contributed by atoms with Crippen molar-refractivity contribution in [2.24, 2.45) is 0 Å². The van der Waals surface area contributed by atoms with Crippen LogP contribution >= 0.6 is 27.7 Å². The Labute approximate surface area is 91.2 Å². The Morgan fingerprint density at radius 1 is 1.54 bits per heavy atom. The molecule has 0 bridgehead atoms. The molecule has 0 unspecified atom stereocenters. The molecule has 4 heteroatoms. The van der Waals surface area contributed by atoms with Gasteiger partial charge in [0, 0.05) is 0 Å². The van der Waals surface area contributed by atoms with Crippen LogP contribution in [0, 0.1) is 6.92 Å². The molecule has 2 heterocycles. The van der Waals surface area contributed by atoms with E-state index < -0.39 is 0 Å². The molecule has 0 N–H and O–H groups in total. The van der Waals surface area contributed by atoms with Crippen LogP contribution < -0.4 is 0 Å². The number of rotatable bonds is 1. The summed E-state index contributed by atoms with van der Waals surface area (Å²) in [5.74, 6) is 2.55. The molecule has 1 aromatic rings. The molecule has 72 valence electrons. The summed E-state index contributed by atoms with van der Waals surface area (Å²) in [6.45, 7) is 2.04. The SMILES string of the molecule is Cc1cc(Br)n(C2CCSCC2)n1. The number of thioether (sulfide) groups is 1. The van der Waals surface area contributed by atoms with Crippen LogP contribution in [0.3, 0.4) is 0 Å². The Hall–Kier alpha value is 0.0400. The summed E-state index contributed by atoms with van der Waals surface area (Å²) in [5, 5.41) is 4.49. The molecule has 1 aromatic heterocycles. The highest BCUT2D eigenvalue weighted by molar-refractivity contribution is 9.10. The van der Waals surface area contributed by atoms with Gasteiger partial charge >= 0.3 is 0 Å². The lowest BCUT2D eigenvalue weighted by Gasteiger charge is -2.22. The van der Waals surface area contributed by atoms with Crippen molar-refractivity contribution >= 4 is 27.7 Å². The summed E-state index contributed by atoms with van der Waals surface area (Å²) in [7, 11) is 0. The molecule has 0 radical (unpaired) electrons. The van der Waals surface area contributed by atoms with Gasteiger partial charge in [0.2, 0.25) is 0 Å². The fourth-order valence-corrected chi connectivity index (χ4v) is 3.45. The van der Waals surface area contributed by atoms with E-state index in [2.05, 4.69) is 31.8 Å². The topological polar surface area (TPSA) is 17.8 Å². The van der Waals surface area contributed by atoms with Crippen molar-refractivity contribution in [2.45, 2.75) is 25.8 Å².